The molecule has 0 atom stereocenters. The third-order valence-corrected chi connectivity index (χ3v) is 5.95. The molecule has 0 bridgehead atoms. The monoisotopic (exact) mass is 417 g/mol. The Morgan fingerprint density at radius 2 is 1.97 bits per heavy atom. The number of amides is 1. The fraction of sp³-hybridized carbons (Fsp3) is 0.700. The summed E-state index contributed by atoms with van der Waals surface area (Å²) in [4.78, 5) is 35.9. The number of ether oxygens (including phenoxy) is 1. The van der Waals surface area contributed by atoms with Crippen molar-refractivity contribution in [2.75, 3.05) is 64.9 Å². The highest BCUT2D eigenvalue weighted by Crippen LogP contribution is 2.26. The number of imidazole rings is 1. The fourth-order valence-corrected chi connectivity index (χ4v) is 4.28. The second-order valence-corrected chi connectivity index (χ2v) is 8.42. The van der Waals surface area contributed by atoms with Crippen molar-refractivity contribution < 1.29 is 9.53 Å². The number of carbonyl (C=O) groups excluding carboxylic acids is 1. The lowest BCUT2D eigenvalue weighted by Crippen LogP contribution is -2.41. The van der Waals surface area contributed by atoms with E-state index in [-0.39, 0.29) is 17.4 Å². The van der Waals surface area contributed by atoms with Gasteiger partial charge in [0.05, 0.1) is 12.7 Å². The van der Waals surface area contributed by atoms with Crippen molar-refractivity contribution in [2.45, 2.75) is 25.2 Å². The summed E-state index contributed by atoms with van der Waals surface area (Å²) in [6.07, 6.45) is 4.24. The number of likely N-dealkylation sites (N-methyl/N-ethyl adjacent to an activating group) is 1. The van der Waals surface area contributed by atoms with Crippen LogP contribution in [0.4, 0.5) is 5.95 Å². The zero-order chi connectivity index (χ0) is 21.3. The molecule has 0 saturated carbocycles. The minimum absolute atomic E-state index is 0.101. The smallest absolute Gasteiger partial charge is 0.280 e. The summed E-state index contributed by atoms with van der Waals surface area (Å²) in [5.41, 5.74) is 0.399. The fourth-order valence-electron chi connectivity index (χ4n) is 4.28. The minimum atomic E-state index is -0.101. The topological polar surface area (TPSA) is 88.2 Å². The average molecular weight is 418 g/mol. The second-order valence-electron chi connectivity index (χ2n) is 8.42. The molecule has 0 N–H and O–H groups in total. The van der Waals surface area contributed by atoms with Gasteiger partial charge in [-0.25, -0.2) is 9.50 Å². The summed E-state index contributed by atoms with van der Waals surface area (Å²) >= 11 is 0. The van der Waals surface area contributed by atoms with Gasteiger partial charge in [0.1, 0.15) is 5.82 Å². The Morgan fingerprint density at radius 3 is 2.70 bits per heavy atom. The summed E-state index contributed by atoms with van der Waals surface area (Å²) in [6.45, 7) is 4.56. The van der Waals surface area contributed by atoms with Crippen LogP contribution in [0.5, 0.6) is 0 Å². The van der Waals surface area contributed by atoms with Gasteiger partial charge < -0.3 is 19.4 Å². The maximum atomic E-state index is 13.0. The van der Waals surface area contributed by atoms with Crippen LogP contribution in [-0.2, 0) is 16.6 Å². The van der Waals surface area contributed by atoms with E-state index in [1.807, 2.05) is 23.9 Å². The summed E-state index contributed by atoms with van der Waals surface area (Å²) in [7, 11) is 5.56. The van der Waals surface area contributed by atoms with Gasteiger partial charge in [0.15, 0.2) is 5.52 Å². The summed E-state index contributed by atoms with van der Waals surface area (Å²) in [6, 6.07) is 0. The molecule has 2 saturated heterocycles. The van der Waals surface area contributed by atoms with E-state index in [2.05, 4.69) is 9.88 Å². The standard InChI is InChI=1S/C20H31N7O3/c1-23(2)14-17(28)25-7-4-8-26(10-9-25)20-22-27-16(19(29)24(20)3)13-21-18(27)15-5-11-30-12-6-15/h13,15H,4-12,14H2,1-3H3. The van der Waals surface area contributed by atoms with E-state index in [9.17, 15) is 9.59 Å². The molecule has 0 spiro atoms. The third-order valence-electron chi connectivity index (χ3n) is 5.95. The van der Waals surface area contributed by atoms with E-state index in [4.69, 9.17) is 9.84 Å². The zero-order valence-electron chi connectivity index (χ0n) is 18.1. The number of anilines is 1. The molecular formula is C20H31N7O3. The van der Waals surface area contributed by atoms with Crippen molar-refractivity contribution in [3.63, 3.8) is 0 Å². The van der Waals surface area contributed by atoms with Crippen LogP contribution in [0, 0.1) is 0 Å². The van der Waals surface area contributed by atoms with E-state index in [1.165, 1.54) is 0 Å². The van der Waals surface area contributed by atoms with Gasteiger partial charge in [-0.15, -0.1) is 5.10 Å². The predicted molar refractivity (Wildman–Crippen MR) is 113 cm³/mol. The van der Waals surface area contributed by atoms with Crippen molar-refractivity contribution >= 4 is 17.4 Å². The van der Waals surface area contributed by atoms with Crippen molar-refractivity contribution in [1.82, 2.24) is 29.0 Å². The summed E-state index contributed by atoms with van der Waals surface area (Å²) in [5, 5.41) is 4.84. The van der Waals surface area contributed by atoms with Gasteiger partial charge in [-0.3, -0.25) is 14.2 Å². The number of fused-ring (bicyclic) bond motifs is 1. The number of carbonyl (C=O) groups is 1. The van der Waals surface area contributed by atoms with E-state index in [1.54, 1.807) is 22.3 Å². The van der Waals surface area contributed by atoms with E-state index >= 15 is 0 Å². The third kappa shape index (κ3) is 4.06. The Morgan fingerprint density at radius 1 is 1.20 bits per heavy atom. The molecule has 30 heavy (non-hydrogen) atoms. The molecule has 10 heteroatoms. The lowest BCUT2D eigenvalue weighted by atomic mass is 10.00. The van der Waals surface area contributed by atoms with Crippen molar-refractivity contribution in [1.29, 1.82) is 0 Å². The molecule has 10 nitrogen and oxygen atoms in total. The Labute approximate surface area is 176 Å². The van der Waals surface area contributed by atoms with Gasteiger partial charge in [0.2, 0.25) is 11.9 Å². The number of aromatic nitrogens is 4. The van der Waals surface area contributed by atoms with Crippen LogP contribution < -0.4 is 10.5 Å². The number of nitrogens with zero attached hydrogens (tertiary/aromatic N) is 7. The molecular weight excluding hydrogens is 386 g/mol. The Kier molecular flexibility index (Phi) is 6.05. The summed E-state index contributed by atoms with van der Waals surface area (Å²) in [5.74, 6) is 1.85. The Balaban J connectivity index is 1.61. The molecule has 4 rings (SSSR count). The van der Waals surface area contributed by atoms with Gasteiger partial charge in [0, 0.05) is 52.4 Å². The molecule has 0 radical (unpaired) electrons. The van der Waals surface area contributed by atoms with Crippen LogP contribution in [0.2, 0.25) is 0 Å². The first-order chi connectivity index (χ1) is 14.5. The molecule has 4 heterocycles. The first kappa shape index (κ1) is 20.8. The molecule has 2 aliphatic rings. The summed E-state index contributed by atoms with van der Waals surface area (Å²) < 4.78 is 8.80. The van der Waals surface area contributed by atoms with E-state index in [0.717, 1.165) is 38.2 Å². The minimum Gasteiger partial charge on any atom is -0.381 e. The van der Waals surface area contributed by atoms with Crippen molar-refractivity contribution in [3.8, 4) is 0 Å². The van der Waals surface area contributed by atoms with Crippen molar-refractivity contribution in [3.05, 3.63) is 22.4 Å². The van der Waals surface area contributed by atoms with Crippen LogP contribution >= 0.6 is 0 Å². The lowest BCUT2D eigenvalue weighted by Gasteiger charge is -2.25. The second kappa shape index (κ2) is 8.73. The van der Waals surface area contributed by atoms with Gasteiger partial charge in [-0.2, -0.15) is 0 Å². The molecule has 164 valence electrons. The van der Waals surface area contributed by atoms with Gasteiger partial charge in [-0.05, 0) is 33.4 Å². The van der Waals surface area contributed by atoms with Crippen LogP contribution in [0.25, 0.3) is 5.52 Å². The molecule has 2 fully saturated rings. The molecule has 0 unspecified atom stereocenters. The predicted octanol–water partition coefficient (Wildman–Crippen LogP) is -0.0777. The van der Waals surface area contributed by atoms with E-state index < -0.39 is 0 Å². The maximum Gasteiger partial charge on any atom is 0.280 e. The number of hydrogen-bond acceptors (Lipinski definition) is 7. The van der Waals surface area contributed by atoms with Crippen LogP contribution in [-0.4, -0.2) is 94.9 Å². The maximum absolute atomic E-state index is 13.0. The van der Waals surface area contributed by atoms with Crippen LogP contribution in [0.15, 0.2) is 11.0 Å². The first-order valence-electron chi connectivity index (χ1n) is 10.7. The van der Waals surface area contributed by atoms with Gasteiger partial charge in [-0.1, -0.05) is 0 Å². The van der Waals surface area contributed by atoms with Crippen LogP contribution in [0.1, 0.15) is 31.0 Å². The molecule has 1 amide bonds. The number of hydrogen-bond donors (Lipinski definition) is 0. The van der Waals surface area contributed by atoms with E-state index in [0.29, 0.717) is 44.3 Å². The molecule has 2 aliphatic heterocycles. The number of rotatable bonds is 4. The molecule has 0 aliphatic carbocycles. The van der Waals surface area contributed by atoms with Crippen molar-refractivity contribution in [2.24, 2.45) is 7.05 Å². The molecule has 2 aromatic rings. The molecule has 2 aromatic heterocycles. The van der Waals surface area contributed by atoms with Gasteiger partial charge in [0.25, 0.3) is 5.56 Å². The molecule has 0 aromatic carbocycles. The Hall–Kier alpha value is -2.46. The zero-order valence-corrected chi connectivity index (χ0v) is 18.1. The Bertz CT molecular complexity index is 961. The average Bonchev–Trinajstić information content (AvgIpc) is 3.00. The highest BCUT2D eigenvalue weighted by atomic mass is 16.5. The van der Waals surface area contributed by atoms with Gasteiger partial charge >= 0.3 is 0 Å². The normalized spacial score (nSPS) is 18.9. The SMILES string of the molecule is CN(C)CC(=O)N1CCCN(c2nn3c(C4CCOCC4)ncc3c(=O)n2C)CC1. The lowest BCUT2D eigenvalue weighted by molar-refractivity contribution is -0.131. The highest BCUT2D eigenvalue weighted by Gasteiger charge is 2.26. The van der Waals surface area contributed by atoms with Crippen LogP contribution in [0.3, 0.4) is 0 Å². The highest BCUT2D eigenvalue weighted by molar-refractivity contribution is 5.78. The first-order valence-corrected chi connectivity index (χ1v) is 10.7. The quantitative estimate of drug-likeness (QED) is 0.688. The largest absolute Gasteiger partial charge is 0.381 e.